The molecule has 1 saturated carbocycles. The first-order valence-corrected chi connectivity index (χ1v) is 7.78. The molecule has 1 fully saturated rings. The van der Waals surface area contributed by atoms with Gasteiger partial charge in [0.05, 0.1) is 6.54 Å². The van der Waals surface area contributed by atoms with Crippen LogP contribution in [0, 0.1) is 0 Å². The van der Waals surface area contributed by atoms with Crippen LogP contribution < -0.4 is 10.6 Å². The Bertz CT molecular complexity index is 444. The minimum Gasteiger partial charge on any atom is -0.352 e. The number of carbonyl (C=O) groups excluding carboxylic acids is 1. The highest BCUT2D eigenvalue weighted by atomic mass is 35.5. The zero-order valence-electron chi connectivity index (χ0n) is 12.0. The first kappa shape index (κ1) is 15.3. The maximum atomic E-state index is 11.9. The molecule has 0 aliphatic heterocycles. The molecule has 2 N–H and O–H groups in total. The lowest BCUT2D eigenvalue weighted by Gasteiger charge is -2.16. The molecule has 4 heteroatoms. The molecule has 3 nitrogen and oxygen atoms in total. The summed E-state index contributed by atoms with van der Waals surface area (Å²) in [7, 11) is 0. The quantitative estimate of drug-likeness (QED) is 0.847. The van der Waals surface area contributed by atoms with Crippen molar-refractivity contribution in [2.75, 3.05) is 6.54 Å². The van der Waals surface area contributed by atoms with Gasteiger partial charge >= 0.3 is 0 Å². The van der Waals surface area contributed by atoms with E-state index in [9.17, 15) is 4.79 Å². The van der Waals surface area contributed by atoms with E-state index in [2.05, 4.69) is 10.6 Å². The summed E-state index contributed by atoms with van der Waals surface area (Å²) in [6.45, 7) is 2.44. The topological polar surface area (TPSA) is 41.1 Å². The summed E-state index contributed by atoms with van der Waals surface area (Å²) >= 11 is 5.96. The van der Waals surface area contributed by atoms with Crippen molar-refractivity contribution in [3.8, 4) is 0 Å². The number of carbonyl (C=O) groups is 1. The van der Waals surface area contributed by atoms with Gasteiger partial charge in [-0.15, -0.1) is 0 Å². The van der Waals surface area contributed by atoms with Crippen molar-refractivity contribution in [2.45, 2.75) is 51.1 Å². The third-order valence-corrected chi connectivity index (χ3v) is 3.98. The van der Waals surface area contributed by atoms with Crippen molar-refractivity contribution in [1.29, 1.82) is 0 Å². The Morgan fingerprint density at radius 2 is 2.15 bits per heavy atom. The highest BCUT2D eigenvalue weighted by Gasteiger charge is 2.16. The second-order valence-electron chi connectivity index (χ2n) is 5.66. The standard InChI is InChI=1S/C16H23ClN2O/c1-12(9-13-5-4-6-14(17)10-13)19-16(20)11-18-15-7-2-3-8-15/h4-6,10,12,15,18H,2-3,7-9,11H2,1H3,(H,19,20). The van der Waals surface area contributed by atoms with Crippen molar-refractivity contribution in [2.24, 2.45) is 0 Å². The molecule has 0 radical (unpaired) electrons. The van der Waals surface area contributed by atoms with Crippen LogP contribution in [-0.4, -0.2) is 24.5 Å². The minimum atomic E-state index is 0.0754. The lowest BCUT2D eigenvalue weighted by molar-refractivity contribution is -0.120. The number of amides is 1. The summed E-state index contributed by atoms with van der Waals surface area (Å²) in [5, 5.41) is 7.09. The van der Waals surface area contributed by atoms with Gasteiger partial charge < -0.3 is 10.6 Å². The molecule has 1 aliphatic carbocycles. The zero-order valence-corrected chi connectivity index (χ0v) is 12.7. The monoisotopic (exact) mass is 294 g/mol. The fraction of sp³-hybridized carbons (Fsp3) is 0.562. The predicted octanol–water partition coefficient (Wildman–Crippen LogP) is 2.92. The van der Waals surface area contributed by atoms with E-state index in [4.69, 9.17) is 11.6 Å². The lowest BCUT2D eigenvalue weighted by Crippen LogP contribution is -2.42. The van der Waals surface area contributed by atoms with E-state index in [0.717, 1.165) is 17.0 Å². The smallest absolute Gasteiger partial charge is 0.234 e. The molecule has 0 bridgehead atoms. The summed E-state index contributed by atoms with van der Waals surface area (Å²) in [5.74, 6) is 0.0754. The summed E-state index contributed by atoms with van der Waals surface area (Å²) in [5.41, 5.74) is 1.15. The van der Waals surface area contributed by atoms with Gasteiger partial charge in [-0.25, -0.2) is 0 Å². The summed E-state index contributed by atoms with van der Waals surface area (Å²) < 4.78 is 0. The van der Waals surface area contributed by atoms with Crippen molar-refractivity contribution in [3.63, 3.8) is 0 Å². The van der Waals surface area contributed by atoms with Crippen molar-refractivity contribution in [1.82, 2.24) is 10.6 Å². The van der Waals surface area contributed by atoms with Crippen LogP contribution >= 0.6 is 11.6 Å². The lowest BCUT2D eigenvalue weighted by atomic mass is 10.1. The Kier molecular flexibility index (Phi) is 5.86. The van der Waals surface area contributed by atoms with Crippen LogP contribution in [0.5, 0.6) is 0 Å². The Labute approximate surface area is 126 Å². The Balaban J connectivity index is 1.70. The molecule has 1 aromatic rings. The van der Waals surface area contributed by atoms with Crippen LogP contribution in [0.4, 0.5) is 0 Å². The number of benzene rings is 1. The van der Waals surface area contributed by atoms with Crippen LogP contribution in [0.3, 0.4) is 0 Å². The van der Waals surface area contributed by atoms with Crippen molar-refractivity contribution >= 4 is 17.5 Å². The van der Waals surface area contributed by atoms with Crippen LogP contribution in [0.15, 0.2) is 24.3 Å². The number of halogens is 1. The number of hydrogen-bond donors (Lipinski definition) is 2. The Morgan fingerprint density at radius 1 is 1.40 bits per heavy atom. The van der Waals surface area contributed by atoms with E-state index in [1.165, 1.54) is 25.7 Å². The number of nitrogens with one attached hydrogen (secondary N) is 2. The molecule has 110 valence electrons. The molecule has 1 amide bonds. The van der Waals surface area contributed by atoms with Gasteiger partial charge in [0.25, 0.3) is 0 Å². The van der Waals surface area contributed by atoms with E-state index < -0.39 is 0 Å². The average Bonchev–Trinajstić information content (AvgIpc) is 2.89. The number of rotatable bonds is 6. The Hall–Kier alpha value is -1.06. The maximum Gasteiger partial charge on any atom is 0.234 e. The van der Waals surface area contributed by atoms with Gasteiger partial charge in [-0.05, 0) is 43.9 Å². The van der Waals surface area contributed by atoms with E-state index >= 15 is 0 Å². The minimum absolute atomic E-state index is 0.0754. The van der Waals surface area contributed by atoms with Gasteiger partial charge in [0.1, 0.15) is 0 Å². The van der Waals surface area contributed by atoms with Gasteiger partial charge in [-0.1, -0.05) is 36.6 Å². The van der Waals surface area contributed by atoms with Gasteiger partial charge in [0.15, 0.2) is 0 Å². The van der Waals surface area contributed by atoms with E-state index in [1.807, 2.05) is 31.2 Å². The fourth-order valence-corrected chi connectivity index (χ4v) is 2.97. The highest BCUT2D eigenvalue weighted by Crippen LogP contribution is 2.17. The second kappa shape index (κ2) is 7.65. The van der Waals surface area contributed by atoms with Crippen LogP contribution in [-0.2, 0) is 11.2 Å². The normalized spacial score (nSPS) is 17.1. The highest BCUT2D eigenvalue weighted by molar-refractivity contribution is 6.30. The van der Waals surface area contributed by atoms with Crippen molar-refractivity contribution < 1.29 is 4.79 Å². The molecule has 2 rings (SSSR count). The summed E-state index contributed by atoms with van der Waals surface area (Å²) in [6.07, 6.45) is 5.77. The van der Waals surface area contributed by atoms with Gasteiger partial charge in [0, 0.05) is 17.1 Å². The first-order valence-electron chi connectivity index (χ1n) is 7.40. The maximum absolute atomic E-state index is 11.9. The molecule has 0 saturated heterocycles. The molecule has 1 atom stereocenters. The van der Waals surface area contributed by atoms with Gasteiger partial charge in [0.2, 0.25) is 5.91 Å². The van der Waals surface area contributed by atoms with Crippen molar-refractivity contribution in [3.05, 3.63) is 34.9 Å². The summed E-state index contributed by atoms with van der Waals surface area (Å²) in [4.78, 5) is 11.9. The molecule has 0 heterocycles. The molecule has 0 spiro atoms. The first-order chi connectivity index (χ1) is 9.63. The van der Waals surface area contributed by atoms with Gasteiger partial charge in [-0.2, -0.15) is 0 Å². The fourth-order valence-electron chi connectivity index (χ4n) is 2.76. The van der Waals surface area contributed by atoms with E-state index in [0.29, 0.717) is 12.6 Å². The molecule has 20 heavy (non-hydrogen) atoms. The van der Waals surface area contributed by atoms with Crippen LogP contribution in [0.1, 0.15) is 38.2 Å². The predicted molar refractivity (Wildman–Crippen MR) is 83.0 cm³/mol. The van der Waals surface area contributed by atoms with Crippen LogP contribution in [0.25, 0.3) is 0 Å². The summed E-state index contributed by atoms with van der Waals surface area (Å²) in [6, 6.07) is 8.43. The third-order valence-electron chi connectivity index (χ3n) is 3.74. The van der Waals surface area contributed by atoms with E-state index in [-0.39, 0.29) is 11.9 Å². The SMILES string of the molecule is CC(Cc1cccc(Cl)c1)NC(=O)CNC1CCCC1. The molecular weight excluding hydrogens is 272 g/mol. The zero-order chi connectivity index (χ0) is 14.4. The molecule has 1 aliphatic rings. The number of hydrogen-bond acceptors (Lipinski definition) is 2. The second-order valence-corrected chi connectivity index (χ2v) is 6.10. The largest absolute Gasteiger partial charge is 0.352 e. The molecule has 1 unspecified atom stereocenters. The Morgan fingerprint density at radius 3 is 2.85 bits per heavy atom. The third kappa shape index (κ3) is 5.14. The van der Waals surface area contributed by atoms with Gasteiger partial charge in [-0.3, -0.25) is 4.79 Å². The molecular formula is C16H23ClN2O. The average molecular weight is 295 g/mol. The molecule has 0 aromatic heterocycles. The van der Waals surface area contributed by atoms with Crippen LogP contribution in [0.2, 0.25) is 5.02 Å². The van der Waals surface area contributed by atoms with E-state index in [1.54, 1.807) is 0 Å². The molecule has 1 aromatic carbocycles.